The van der Waals surface area contributed by atoms with Gasteiger partial charge in [-0.3, -0.25) is 4.79 Å². The van der Waals surface area contributed by atoms with Crippen LogP contribution in [0.25, 0.3) is 0 Å². The summed E-state index contributed by atoms with van der Waals surface area (Å²) < 4.78 is 6.37. The number of aliphatic hydroxyl groups is 1. The van der Waals surface area contributed by atoms with Crippen molar-refractivity contribution < 1.29 is 14.6 Å². The van der Waals surface area contributed by atoms with Crippen molar-refractivity contribution in [2.75, 3.05) is 0 Å². The molecule has 0 radical (unpaired) electrons. The molecule has 1 N–H and O–H groups in total. The number of carbonyl (C=O) groups is 1. The van der Waals surface area contributed by atoms with Crippen LogP contribution in [0.3, 0.4) is 0 Å². The van der Waals surface area contributed by atoms with Gasteiger partial charge in [-0.15, -0.1) is 0 Å². The lowest BCUT2D eigenvalue weighted by Crippen LogP contribution is -2.69. The van der Waals surface area contributed by atoms with Crippen molar-refractivity contribution in [2.45, 2.75) is 228 Å². The van der Waals surface area contributed by atoms with Crippen LogP contribution in [0.1, 0.15) is 216 Å². The average Bonchev–Trinajstić information content (AvgIpc) is 3.42. The Bertz CT molecular complexity index is 1160. The maximum Gasteiger partial charge on any atom is 0.306 e. The summed E-state index contributed by atoms with van der Waals surface area (Å²) in [6.45, 7) is 24.2. The summed E-state index contributed by atoms with van der Waals surface area (Å²) in [5, 5.41) is 12.3. The number of unbranched alkanes of at least 4 members (excludes halogenated alkanes) is 14. The Morgan fingerprint density at radius 2 is 1.27 bits per heavy atom. The molecule has 5 saturated carbocycles. The van der Waals surface area contributed by atoms with E-state index in [1.54, 1.807) is 0 Å². The lowest BCUT2D eigenvalue weighted by Gasteiger charge is -2.73. The highest BCUT2D eigenvalue weighted by Crippen LogP contribution is 2.77. The number of hydrogen-bond acceptors (Lipinski definition) is 3. The number of aliphatic hydroxyl groups excluding tert-OH is 1. The number of fused-ring (bicyclic) bond motifs is 7. The monoisotopic (exact) mass is 709 g/mol. The molecule has 0 spiro atoms. The third kappa shape index (κ3) is 8.11. The predicted octanol–water partition coefficient (Wildman–Crippen LogP) is 13.8. The van der Waals surface area contributed by atoms with E-state index in [2.05, 4.69) is 62.0 Å². The second kappa shape index (κ2) is 16.9. The standard InChI is InChI=1S/C48H84O3/c1-10-11-12-13-14-15-16-17-18-19-20-21-22-23-24-25-41(50)51-40-29-31-46(7)39-27-26-37-42-36(35(2)3)28-30-45(42,6)32-33-47(37,8)48(39,9)34-38(49)43(46)44(40,4)5/h36-40,42-43,49H,2,10-34H2,1,3-9H3/t36-,37+,38-,39+,40-,42+,43-,45+,46+,47+,48+/m0/s1. The minimum atomic E-state index is -0.354. The van der Waals surface area contributed by atoms with E-state index in [1.165, 1.54) is 128 Å². The fraction of sp³-hybridized carbons (Fsp3) is 0.938. The van der Waals surface area contributed by atoms with Crippen molar-refractivity contribution in [3.05, 3.63) is 12.2 Å². The Labute approximate surface area is 316 Å². The third-order valence-corrected chi connectivity index (χ3v) is 17.6. The minimum absolute atomic E-state index is 0.0107. The molecule has 0 bridgehead atoms. The molecule has 5 aliphatic carbocycles. The van der Waals surface area contributed by atoms with Crippen molar-refractivity contribution >= 4 is 5.97 Å². The van der Waals surface area contributed by atoms with Crippen molar-refractivity contribution in [2.24, 2.45) is 56.7 Å². The molecule has 0 saturated heterocycles. The summed E-state index contributed by atoms with van der Waals surface area (Å²) >= 11 is 0. The Hall–Kier alpha value is -0.830. The van der Waals surface area contributed by atoms with Crippen LogP contribution < -0.4 is 0 Å². The van der Waals surface area contributed by atoms with Gasteiger partial charge in [-0.05, 0) is 122 Å². The second-order valence-corrected chi connectivity index (χ2v) is 21.0. The SMILES string of the molecule is C=C(C)[C@@H]1CC[C@]2(C)CC[C@]3(C)[C@H](CC[C@@H]4[C@@]5(C)CC[C@H](OC(=O)CCCCCCCCCCCCCCCCC)C(C)(C)[C@@H]5[C@@H](O)C[C@]43C)[C@@H]12. The van der Waals surface area contributed by atoms with E-state index in [-0.39, 0.29) is 45.8 Å². The zero-order valence-corrected chi connectivity index (χ0v) is 35.2. The van der Waals surface area contributed by atoms with Gasteiger partial charge in [0, 0.05) is 11.8 Å². The fourth-order valence-electron chi connectivity index (χ4n) is 14.7. The number of hydrogen-bond donors (Lipinski definition) is 1. The van der Waals surface area contributed by atoms with Crippen LogP contribution in [0.4, 0.5) is 0 Å². The van der Waals surface area contributed by atoms with Crippen LogP contribution in [0.15, 0.2) is 12.2 Å². The van der Waals surface area contributed by atoms with Crippen molar-refractivity contribution in [3.8, 4) is 0 Å². The predicted molar refractivity (Wildman–Crippen MR) is 215 cm³/mol. The van der Waals surface area contributed by atoms with Gasteiger partial charge >= 0.3 is 5.97 Å². The van der Waals surface area contributed by atoms with Gasteiger partial charge in [-0.25, -0.2) is 0 Å². The van der Waals surface area contributed by atoms with Gasteiger partial charge < -0.3 is 9.84 Å². The zero-order chi connectivity index (χ0) is 37.1. The smallest absolute Gasteiger partial charge is 0.306 e. The molecule has 0 aromatic rings. The molecule has 3 heteroatoms. The van der Waals surface area contributed by atoms with E-state index < -0.39 is 0 Å². The van der Waals surface area contributed by atoms with E-state index in [0.29, 0.717) is 23.7 Å². The molecule has 0 aromatic carbocycles. The molecule has 5 aliphatic rings. The van der Waals surface area contributed by atoms with Crippen LogP contribution in [0, 0.1) is 56.7 Å². The van der Waals surface area contributed by atoms with Crippen molar-refractivity contribution in [1.82, 2.24) is 0 Å². The third-order valence-electron chi connectivity index (χ3n) is 17.6. The maximum absolute atomic E-state index is 13.2. The molecular formula is C48H84O3. The molecule has 0 aromatic heterocycles. The largest absolute Gasteiger partial charge is 0.462 e. The molecule has 5 fully saturated rings. The lowest BCUT2D eigenvalue weighted by molar-refractivity contribution is -0.276. The van der Waals surface area contributed by atoms with Gasteiger partial charge in [0.05, 0.1) is 6.10 Å². The highest BCUT2D eigenvalue weighted by atomic mass is 16.5. The first-order valence-electron chi connectivity index (χ1n) is 22.7. The Morgan fingerprint density at radius 3 is 1.84 bits per heavy atom. The van der Waals surface area contributed by atoms with E-state index in [0.717, 1.165) is 43.9 Å². The van der Waals surface area contributed by atoms with Crippen LogP contribution in [-0.2, 0) is 9.53 Å². The molecule has 5 rings (SSSR count). The van der Waals surface area contributed by atoms with Crippen LogP contribution in [-0.4, -0.2) is 23.3 Å². The summed E-state index contributed by atoms with van der Waals surface area (Å²) in [5.74, 6) is 2.87. The normalized spacial score (nSPS) is 41.2. The summed E-state index contributed by atoms with van der Waals surface area (Å²) in [6.07, 6.45) is 30.9. The molecule has 51 heavy (non-hydrogen) atoms. The first kappa shape index (κ1) is 41.3. The molecule has 0 aliphatic heterocycles. The average molecular weight is 709 g/mol. The Balaban J connectivity index is 1.09. The summed E-state index contributed by atoms with van der Waals surface area (Å²) in [4.78, 5) is 13.2. The Morgan fingerprint density at radius 1 is 0.706 bits per heavy atom. The van der Waals surface area contributed by atoms with Crippen LogP contribution in [0.2, 0.25) is 0 Å². The number of esters is 1. The minimum Gasteiger partial charge on any atom is -0.462 e. The first-order valence-corrected chi connectivity index (χ1v) is 22.7. The highest BCUT2D eigenvalue weighted by molar-refractivity contribution is 5.69. The van der Waals surface area contributed by atoms with Crippen LogP contribution >= 0.6 is 0 Å². The van der Waals surface area contributed by atoms with Gasteiger partial charge in [-0.2, -0.15) is 0 Å². The van der Waals surface area contributed by atoms with Crippen molar-refractivity contribution in [3.63, 3.8) is 0 Å². The molecule has 0 heterocycles. The van der Waals surface area contributed by atoms with E-state index in [1.807, 2.05) is 0 Å². The molecule has 0 unspecified atom stereocenters. The zero-order valence-electron chi connectivity index (χ0n) is 35.2. The number of rotatable bonds is 18. The van der Waals surface area contributed by atoms with Gasteiger partial charge in [0.25, 0.3) is 0 Å². The molecule has 0 amide bonds. The number of carbonyl (C=O) groups excluding carboxylic acids is 1. The van der Waals surface area contributed by atoms with Gasteiger partial charge in [0.2, 0.25) is 0 Å². The van der Waals surface area contributed by atoms with E-state index in [9.17, 15) is 9.90 Å². The summed E-state index contributed by atoms with van der Waals surface area (Å²) in [7, 11) is 0. The quantitative estimate of drug-likeness (QED) is 0.0876. The molecular weight excluding hydrogens is 625 g/mol. The van der Waals surface area contributed by atoms with Crippen molar-refractivity contribution in [1.29, 1.82) is 0 Å². The van der Waals surface area contributed by atoms with Gasteiger partial charge in [-0.1, -0.05) is 151 Å². The molecule has 11 atom stereocenters. The summed E-state index contributed by atoms with van der Waals surface area (Å²) in [5.41, 5.74) is 2.05. The molecule has 3 nitrogen and oxygen atoms in total. The second-order valence-electron chi connectivity index (χ2n) is 21.0. The summed E-state index contributed by atoms with van der Waals surface area (Å²) in [6, 6.07) is 0. The topological polar surface area (TPSA) is 46.5 Å². The lowest BCUT2D eigenvalue weighted by atomic mass is 9.32. The number of allylic oxidation sites excluding steroid dienone is 1. The van der Waals surface area contributed by atoms with E-state index >= 15 is 0 Å². The van der Waals surface area contributed by atoms with Crippen LogP contribution in [0.5, 0.6) is 0 Å². The number of ether oxygens (including phenoxy) is 1. The van der Waals surface area contributed by atoms with Gasteiger partial charge in [0.1, 0.15) is 6.10 Å². The van der Waals surface area contributed by atoms with Gasteiger partial charge in [0.15, 0.2) is 0 Å². The first-order chi connectivity index (χ1) is 24.2. The Kier molecular flexibility index (Phi) is 13.7. The molecule has 294 valence electrons. The maximum atomic E-state index is 13.2. The fourth-order valence-corrected chi connectivity index (χ4v) is 14.7. The van der Waals surface area contributed by atoms with E-state index in [4.69, 9.17) is 4.74 Å². The highest BCUT2D eigenvalue weighted by Gasteiger charge is 2.72.